The second-order valence-electron chi connectivity index (χ2n) is 5.05. The van der Waals surface area contributed by atoms with Crippen LogP contribution in [0, 0.1) is 6.92 Å². The Bertz CT molecular complexity index is 527. The summed E-state index contributed by atoms with van der Waals surface area (Å²) in [7, 11) is 0. The third-order valence-corrected chi connectivity index (χ3v) is 3.54. The molecule has 4 nitrogen and oxygen atoms in total. The highest BCUT2D eigenvalue weighted by Gasteiger charge is 2.32. The fourth-order valence-corrected chi connectivity index (χ4v) is 2.40. The van der Waals surface area contributed by atoms with E-state index in [9.17, 15) is 4.79 Å². The Morgan fingerprint density at radius 1 is 1.50 bits per heavy atom. The molecule has 108 valence electrons. The van der Waals surface area contributed by atoms with Gasteiger partial charge in [-0.2, -0.15) is 0 Å². The van der Waals surface area contributed by atoms with Gasteiger partial charge in [-0.3, -0.25) is 4.79 Å². The predicted molar refractivity (Wildman–Crippen MR) is 84.1 cm³/mol. The van der Waals surface area contributed by atoms with E-state index in [1.165, 1.54) is 0 Å². The molecule has 0 bridgehead atoms. The molecule has 1 aromatic carbocycles. The van der Waals surface area contributed by atoms with Gasteiger partial charge in [0, 0.05) is 17.3 Å². The Hall–Kier alpha value is -1.62. The van der Waals surface area contributed by atoms with E-state index >= 15 is 0 Å². The molecule has 0 atom stereocenters. The molecule has 0 spiro atoms. The number of esters is 1. The highest BCUT2D eigenvalue weighted by Crippen LogP contribution is 2.34. The molecule has 20 heavy (non-hydrogen) atoms. The number of benzene rings is 1. The van der Waals surface area contributed by atoms with Crippen molar-refractivity contribution in [3.8, 4) is 0 Å². The number of hydrogen-bond acceptors (Lipinski definition) is 4. The third-order valence-electron chi connectivity index (χ3n) is 3.32. The molecule has 2 N–H and O–H groups in total. The Kier molecular flexibility index (Phi) is 4.60. The lowest BCUT2D eigenvalue weighted by Gasteiger charge is -2.26. The smallest absolute Gasteiger partial charge is 0.325 e. The number of carbonyl (C=O) groups excluding carboxylic acids is 1. The van der Waals surface area contributed by atoms with Gasteiger partial charge in [-0.25, -0.2) is 0 Å². The van der Waals surface area contributed by atoms with E-state index in [-0.39, 0.29) is 12.5 Å². The van der Waals surface area contributed by atoms with Gasteiger partial charge in [0.25, 0.3) is 0 Å². The summed E-state index contributed by atoms with van der Waals surface area (Å²) in [6, 6.07) is 6.35. The molecule has 1 aliphatic carbocycles. The van der Waals surface area contributed by atoms with Gasteiger partial charge in [0.05, 0.1) is 6.61 Å². The number of hydrogen-bond donors (Lipinski definition) is 1. The molecular weight excluding hydrogens is 272 g/mol. The zero-order valence-corrected chi connectivity index (χ0v) is 12.7. The van der Waals surface area contributed by atoms with E-state index in [4.69, 9.17) is 22.7 Å². The number of ether oxygens (including phenoxy) is 1. The maximum Gasteiger partial charge on any atom is 0.325 e. The maximum atomic E-state index is 11.8. The molecule has 1 aromatic rings. The summed E-state index contributed by atoms with van der Waals surface area (Å²) < 4.78 is 5.05. The molecule has 0 radical (unpaired) electrons. The Labute approximate surface area is 124 Å². The predicted octanol–water partition coefficient (Wildman–Crippen LogP) is 2.16. The number of nitrogens with two attached hydrogens (primary N) is 1. The zero-order chi connectivity index (χ0) is 14.7. The van der Waals surface area contributed by atoms with Crippen LogP contribution in [0.1, 0.15) is 30.9 Å². The first-order valence-electron chi connectivity index (χ1n) is 6.85. The molecule has 1 saturated carbocycles. The van der Waals surface area contributed by atoms with Crippen LogP contribution in [0.5, 0.6) is 0 Å². The first-order chi connectivity index (χ1) is 9.52. The van der Waals surface area contributed by atoms with Crippen molar-refractivity contribution in [3.05, 3.63) is 29.3 Å². The van der Waals surface area contributed by atoms with Crippen molar-refractivity contribution in [3.63, 3.8) is 0 Å². The topological polar surface area (TPSA) is 55.6 Å². The number of nitrogens with zero attached hydrogens (tertiary/aromatic N) is 1. The van der Waals surface area contributed by atoms with Crippen molar-refractivity contribution < 1.29 is 9.53 Å². The molecule has 0 aliphatic heterocycles. The number of anilines is 1. The van der Waals surface area contributed by atoms with E-state index in [0.29, 0.717) is 17.6 Å². The largest absolute Gasteiger partial charge is 0.465 e. The summed E-state index contributed by atoms with van der Waals surface area (Å²) in [5, 5.41) is 0. The Morgan fingerprint density at radius 3 is 2.75 bits per heavy atom. The van der Waals surface area contributed by atoms with Gasteiger partial charge in [0.1, 0.15) is 11.5 Å². The van der Waals surface area contributed by atoms with Crippen molar-refractivity contribution in [2.75, 3.05) is 18.1 Å². The minimum Gasteiger partial charge on any atom is -0.465 e. The lowest BCUT2D eigenvalue weighted by molar-refractivity contribution is -0.141. The summed E-state index contributed by atoms with van der Waals surface area (Å²) >= 11 is 5.14. The second kappa shape index (κ2) is 6.22. The summed E-state index contributed by atoms with van der Waals surface area (Å²) in [6.07, 6.45) is 2.17. The van der Waals surface area contributed by atoms with Gasteiger partial charge in [0.2, 0.25) is 0 Å². The molecule has 0 aromatic heterocycles. The third kappa shape index (κ3) is 3.48. The van der Waals surface area contributed by atoms with Crippen molar-refractivity contribution in [1.82, 2.24) is 0 Å². The monoisotopic (exact) mass is 292 g/mol. The van der Waals surface area contributed by atoms with Crippen LogP contribution in [-0.2, 0) is 9.53 Å². The van der Waals surface area contributed by atoms with Crippen LogP contribution < -0.4 is 10.6 Å². The van der Waals surface area contributed by atoms with Crippen molar-refractivity contribution in [1.29, 1.82) is 0 Å². The first-order valence-corrected chi connectivity index (χ1v) is 7.26. The minimum absolute atomic E-state index is 0.214. The highest BCUT2D eigenvalue weighted by molar-refractivity contribution is 7.80. The SMILES string of the molecule is CCOC(=O)CN(c1ccc(C)cc1C(N)=S)C1CC1. The maximum absolute atomic E-state index is 11.8. The number of rotatable bonds is 6. The summed E-state index contributed by atoms with van der Waals surface area (Å²) in [4.78, 5) is 14.2. The normalized spacial score (nSPS) is 13.9. The van der Waals surface area contributed by atoms with E-state index in [1.807, 2.05) is 32.0 Å². The van der Waals surface area contributed by atoms with Crippen molar-refractivity contribution in [2.45, 2.75) is 32.7 Å². The van der Waals surface area contributed by atoms with Gasteiger partial charge < -0.3 is 15.4 Å². The van der Waals surface area contributed by atoms with Crippen LogP contribution in [0.2, 0.25) is 0 Å². The van der Waals surface area contributed by atoms with E-state index in [2.05, 4.69) is 4.90 Å². The lowest BCUT2D eigenvalue weighted by Crippen LogP contribution is -2.34. The van der Waals surface area contributed by atoms with Gasteiger partial charge in [-0.1, -0.05) is 23.8 Å². The minimum atomic E-state index is -0.214. The quantitative estimate of drug-likeness (QED) is 0.643. The van der Waals surface area contributed by atoms with Crippen LogP contribution in [0.15, 0.2) is 18.2 Å². The number of carbonyl (C=O) groups is 1. The molecule has 5 heteroatoms. The Morgan fingerprint density at radius 2 is 2.20 bits per heavy atom. The van der Waals surface area contributed by atoms with Crippen LogP contribution in [-0.4, -0.2) is 30.2 Å². The van der Waals surface area contributed by atoms with E-state index < -0.39 is 0 Å². The molecule has 0 saturated heterocycles. The highest BCUT2D eigenvalue weighted by atomic mass is 32.1. The molecule has 0 heterocycles. The fraction of sp³-hybridized carbons (Fsp3) is 0.467. The van der Waals surface area contributed by atoms with E-state index in [1.54, 1.807) is 0 Å². The summed E-state index contributed by atoms with van der Waals surface area (Å²) in [5.74, 6) is -0.214. The first kappa shape index (κ1) is 14.8. The van der Waals surface area contributed by atoms with Crippen LogP contribution >= 0.6 is 12.2 Å². The average molecular weight is 292 g/mol. The van der Waals surface area contributed by atoms with Gasteiger partial charge in [-0.15, -0.1) is 0 Å². The average Bonchev–Trinajstić information content (AvgIpc) is 3.20. The standard InChI is InChI=1S/C15H20N2O2S/c1-3-19-14(18)9-17(11-5-6-11)13-7-4-10(2)8-12(13)15(16)20/h4,7-8,11H,3,5-6,9H2,1-2H3,(H2,16,20). The van der Waals surface area contributed by atoms with Crippen molar-refractivity contribution >= 4 is 28.9 Å². The lowest BCUT2D eigenvalue weighted by atomic mass is 10.1. The molecule has 0 unspecified atom stereocenters. The van der Waals surface area contributed by atoms with Gasteiger partial charge in [0.15, 0.2) is 0 Å². The number of thiocarbonyl (C=S) groups is 1. The zero-order valence-electron chi connectivity index (χ0n) is 11.9. The van der Waals surface area contributed by atoms with Crippen molar-refractivity contribution in [2.24, 2.45) is 5.73 Å². The molecule has 0 amide bonds. The van der Waals surface area contributed by atoms with Gasteiger partial charge in [-0.05, 0) is 38.8 Å². The summed E-state index contributed by atoms with van der Waals surface area (Å²) in [5.41, 5.74) is 8.68. The second-order valence-corrected chi connectivity index (χ2v) is 5.49. The van der Waals surface area contributed by atoms with Crippen LogP contribution in [0.25, 0.3) is 0 Å². The Balaban J connectivity index is 2.29. The van der Waals surface area contributed by atoms with Crippen LogP contribution in [0.4, 0.5) is 5.69 Å². The number of aryl methyl sites for hydroxylation is 1. The summed E-state index contributed by atoms with van der Waals surface area (Å²) in [6.45, 7) is 4.45. The fourth-order valence-electron chi connectivity index (χ4n) is 2.24. The molecular formula is C15H20N2O2S. The molecule has 1 fully saturated rings. The molecule has 1 aliphatic rings. The molecule has 2 rings (SSSR count). The van der Waals surface area contributed by atoms with E-state index in [0.717, 1.165) is 29.7 Å². The van der Waals surface area contributed by atoms with Gasteiger partial charge >= 0.3 is 5.97 Å². The van der Waals surface area contributed by atoms with Crippen LogP contribution in [0.3, 0.4) is 0 Å².